The van der Waals surface area contributed by atoms with Gasteiger partial charge in [0.2, 0.25) is 10.0 Å². The van der Waals surface area contributed by atoms with Crippen LogP contribution in [0.15, 0.2) is 102 Å². The Morgan fingerprint density at radius 3 is 1.79 bits per heavy atom. The molecular weight excluding hydrogens is 430 g/mol. The second-order valence-electron chi connectivity index (χ2n) is 8.12. The number of anilines is 2. The van der Waals surface area contributed by atoms with Gasteiger partial charge in [0, 0.05) is 25.0 Å². The van der Waals surface area contributed by atoms with E-state index in [0.717, 1.165) is 27.9 Å². The van der Waals surface area contributed by atoms with Crippen molar-refractivity contribution in [2.45, 2.75) is 31.8 Å². The molecule has 3 aromatic carbocycles. The van der Waals surface area contributed by atoms with E-state index >= 15 is 0 Å². The van der Waals surface area contributed by atoms with Gasteiger partial charge in [0.25, 0.3) is 0 Å². The van der Waals surface area contributed by atoms with Crippen LogP contribution < -0.4 is 5.32 Å². The van der Waals surface area contributed by atoms with Crippen LogP contribution >= 0.6 is 0 Å². The van der Waals surface area contributed by atoms with Gasteiger partial charge in [-0.1, -0.05) is 66.7 Å². The van der Waals surface area contributed by atoms with Gasteiger partial charge >= 0.3 is 0 Å². The van der Waals surface area contributed by atoms with Crippen molar-refractivity contribution in [1.29, 1.82) is 0 Å². The lowest BCUT2D eigenvalue weighted by Crippen LogP contribution is -2.30. The summed E-state index contributed by atoms with van der Waals surface area (Å²) in [5, 5.41) is 3.25. The molecule has 0 aliphatic rings. The molecule has 1 aromatic heterocycles. The summed E-state index contributed by atoms with van der Waals surface area (Å²) in [4.78, 5) is 4.55. The van der Waals surface area contributed by atoms with Crippen LogP contribution in [-0.4, -0.2) is 17.7 Å². The first-order chi connectivity index (χ1) is 15.9. The van der Waals surface area contributed by atoms with Gasteiger partial charge in [-0.3, -0.25) is 0 Å². The normalized spacial score (nSPS) is 11.5. The molecule has 0 aliphatic heterocycles. The lowest BCUT2D eigenvalue weighted by atomic mass is 10.1. The highest BCUT2D eigenvalue weighted by atomic mass is 32.2. The molecule has 1 heterocycles. The maximum Gasteiger partial charge on any atom is 0.245 e. The van der Waals surface area contributed by atoms with Crippen molar-refractivity contribution < 1.29 is 8.42 Å². The fourth-order valence-electron chi connectivity index (χ4n) is 3.75. The zero-order chi connectivity index (χ0) is 23.3. The molecule has 0 bridgehead atoms. The van der Waals surface area contributed by atoms with Gasteiger partial charge in [-0.2, -0.15) is 4.31 Å². The van der Waals surface area contributed by atoms with Crippen molar-refractivity contribution in [2.24, 2.45) is 0 Å². The van der Waals surface area contributed by atoms with Crippen LogP contribution in [0.1, 0.15) is 22.3 Å². The van der Waals surface area contributed by atoms with Crippen LogP contribution in [0.2, 0.25) is 0 Å². The molecule has 168 valence electrons. The first kappa shape index (κ1) is 22.7. The molecule has 0 saturated heterocycles. The van der Waals surface area contributed by atoms with Gasteiger partial charge in [0.1, 0.15) is 10.7 Å². The third kappa shape index (κ3) is 5.86. The van der Waals surface area contributed by atoms with E-state index in [9.17, 15) is 8.42 Å². The summed E-state index contributed by atoms with van der Waals surface area (Å²) in [6, 6.07) is 28.7. The summed E-state index contributed by atoms with van der Waals surface area (Å²) in [7, 11) is -3.76. The second-order valence-corrected chi connectivity index (χ2v) is 10.1. The number of aryl methyl sites for hydroxylation is 2. The smallest absolute Gasteiger partial charge is 0.245 e. The zero-order valence-electron chi connectivity index (χ0n) is 18.8. The Bertz CT molecular complexity index is 1250. The molecule has 0 unspecified atom stereocenters. The van der Waals surface area contributed by atoms with E-state index in [2.05, 4.69) is 16.4 Å². The maximum atomic E-state index is 13.6. The summed E-state index contributed by atoms with van der Waals surface area (Å²) in [6.07, 6.45) is 1.42. The Labute approximate surface area is 195 Å². The van der Waals surface area contributed by atoms with E-state index in [4.69, 9.17) is 0 Å². The summed E-state index contributed by atoms with van der Waals surface area (Å²) < 4.78 is 28.6. The number of hydrogen-bond donors (Lipinski definition) is 1. The van der Waals surface area contributed by atoms with Gasteiger partial charge in [0.05, 0.1) is 0 Å². The van der Waals surface area contributed by atoms with Crippen LogP contribution in [0.3, 0.4) is 0 Å². The molecular formula is C27H27N3O2S. The number of hydrogen-bond acceptors (Lipinski definition) is 4. The fourth-order valence-corrected chi connectivity index (χ4v) is 5.11. The summed E-state index contributed by atoms with van der Waals surface area (Å²) >= 11 is 0. The molecule has 4 aromatic rings. The largest absolute Gasteiger partial charge is 0.340 e. The Hall–Kier alpha value is -3.48. The first-order valence-electron chi connectivity index (χ1n) is 10.8. The second kappa shape index (κ2) is 9.98. The van der Waals surface area contributed by atoms with E-state index in [0.29, 0.717) is 5.82 Å². The van der Waals surface area contributed by atoms with Gasteiger partial charge in [-0.15, -0.1) is 0 Å². The van der Waals surface area contributed by atoms with E-state index in [1.807, 2.05) is 86.6 Å². The monoisotopic (exact) mass is 457 g/mol. The van der Waals surface area contributed by atoms with Crippen LogP contribution in [-0.2, 0) is 23.1 Å². The zero-order valence-corrected chi connectivity index (χ0v) is 19.6. The van der Waals surface area contributed by atoms with Gasteiger partial charge in [0.15, 0.2) is 0 Å². The fraction of sp³-hybridized carbons (Fsp3) is 0.148. The number of sulfonamides is 1. The number of nitrogens with zero attached hydrogens (tertiary/aromatic N) is 2. The van der Waals surface area contributed by atoms with E-state index < -0.39 is 10.0 Å². The number of aromatic nitrogens is 1. The van der Waals surface area contributed by atoms with Gasteiger partial charge < -0.3 is 5.32 Å². The molecule has 4 rings (SSSR count). The predicted molar refractivity (Wildman–Crippen MR) is 133 cm³/mol. The lowest BCUT2D eigenvalue weighted by molar-refractivity contribution is 0.401. The Kier molecular flexibility index (Phi) is 6.87. The predicted octanol–water partition coefficient (Wildman–Crippen LogP) is 5.83. The molecule has 6 heteroatoms. The molecule has 0 fully saturated rings. The standard InChI is InChI=1S/C27H27N3O2S/c1-21-15-22(2)17-25(16-21)29-27-14-13-26(18-28-27)33(31,32)30(19-23-9-5-3-6-10-23)20-24-11-7-4-8-12-24/h3-18H,19-20H2,1-2H3,(H,28,29). The quantitative estimate of drug-likeness (QED) is 0.361. The Morgan fingerprint density at radius 1 is 0.758 bits per heavy atom. The highest BCUT2D eigenvalue weighted by Gasteiger charge is 2.25. The summed E-state index contributed by atoms with van der Waals surface area (Å²) in [5.74, 6) is 0.594. The number of pyridine rings is 1. The lowest BCUT2D eigenvalue weighted by Gasteiger charge is -2.22. The third-order valence-electron chi connectivity index (χ3n) is 5.27. The molecule has 0 saturated carbocycles. The molecule has 5 nitrogen and oxygen atoms in total. The van der Waals surface area contributed by atoms with Crippen molar-refractivity contribution in [3.05, 3.63) is 119 Å². The molecule has 0 aliphatic carbocycles. The van der Waals surface area contributed by atoms with E-state index in [1.54, 1.807) is 12.1 Å². The van der Waals surface area contributed by atoms with Crippen molar-refractivity contribution in [3.8, 4) is 0 Å². The van der Waals surface area contributed by atoms with Crippen LogP contribution in [0.5, 0.6) is 0 Å². The molecule has 0 radical (unpaired) electrons. The molecule has 0 amide bonds. The molecule has 0 spiro atoms. The van der Waals surface area contributed by atoms with Crippen LogP contribution in [0, 0.1) is 13.8 Å². The summed E-state index contributed by atoms with van der Waals surface area (Å²) in [6.45, 7) is 4.63. The molecule has 33 heavy (non-hydrogen) atoms. The molecule has 1 N–H and O–H groups in total. The van der Waals surface area contributed by atoms with E-state index in [1.165, 1.54) is 10.5 Å². The molecule has 0 atom stereocenters. The maximum absolute atomic E-state index is 13.6. The van der Waals surface area contributed by atoms with Crippen molar-refractivity contribution in [3.63, 3.8) is 0 Å². The van der Waals surface area contributed by atoms with Gasteiger partial charge in [-0.25, -0.2) is 13.4 Å². The summed E-state index contributed by atoms with van der Waals surface area (Å²) in [5.41, 5.74) is 5.07. The van der Waals surface area contributed by atoms with Gasteiger partial charge in [-0.05, 0) is 60.4 Å². The number of nitrogens with one attached hydrogen (secondary N) is 1. The van der Waals surface area contributed by atoms with Crippen molar-refractivity contribution >= 4 is 21.5 Å². The van der Waals surface area contributed by atoms with Crippen molar-refractivity contribution in [2.75, 3.05) is 5.32 Å². The average molecular weight is 458 g/mol. The van der Waals surface area contributed by atoms with Crippen molar-refractivity contribution in [1.82, 2.24) is 9.29 Å². The number of rotatable bonds is 8. The SMILES string of the molecule is Cc1cc(C)cc(Nc2ccc(S(=O)(=O)N(Cc3ccccc3)Cc3ccccc3)cn2)c1. The highest BCUT2D eigenvalue weighted by molar-refractivity contribution is 7.89. The minimum absolute atomic E-state index is 0.167. The number of benzene rings is 3. The third-order valence-corrected chi connectivity index (χ3v) is 7.05. The Morgan fingerprint density at radius 2 is 1.30 bits per heavy atom. The van der Waals surface area contributed by atoms with E-state index in [-0.39, 0.29) is 18.0 Å². The average Bonchev–Trinajstić information content (AvgIpc) is 2.80. The minimum Gasteiger partial charge on any atom is -0.340 e. The van der Waals surface area contributed by atoms with Crippen LogP contribution in [0.4, 0.5) is 11.5 Å². The Balaban J connectivity index is 1.59. The highest BCUT2D eigenvalue weighted by Crippen LogP contribution is 2.23. The topological polar surface area (TPSA) is 62.3 Å². The minimum atomic E-state index is -3.76. The van der Waals surface area contributed by atoms with Crippen LogP contribution in [0.25, 0.3) is 0 Å². The first-order valence-corrected chi connectivity index (χ1v) is 12.2.